The van der Waals surface area contributed by atoms with Gasteiger partial charge in [0, 0.05) is 87.7 Å². The van der Waals surface area contributed by atoms with Crippen LogP contribution in [0, 0.1) is 0 Å². The average molecular weight is 1430 g/mol. The summed E-state index contributed by atoms with van der Waals surface area (Å²) in [6.45, 7) is 34.8. The molecule has 0 spiro atoms. The topological polar surface area (TPSA) is 126 Å². The summed E-state index contributed by atoms with van der Waals surface area (Å²) in [7, 11) is 0. The molecule has 10 aliphatic rings. The molecule has 0 radical (unpaired) electrons. The van der Waals surface area contributed by atoms with Crippen LogP contribution in [0.1, 0.15) is 345 Å². The molecule has 0 aliphatic heterocycles. The third kappa shape index (κ3) is 35.4. The normalized spacial score (nSPS) is 11.7. The Morgan fingerprint density at radius 1 is 0.194 bits per heavy atom. The summed E-state index contributed by atoms with van der Waals surface area (Å²) >= 11 is 0. The minimum absolute atomic E-state index is 0.167. The summed E-state index contributed by atoms with van der Waals surface area (Å²) in [4.78, 5) is 18.9. The van der Waals surface area contributed by atoms with E-state index in [4.69, 9.17) is 47.4 Å². The van der Waals surface area contributed by atoms with Crippen LogP contribution in [0.25, 0.3) is 0 Å². The summed E-state index contributed by atoms with van der Waals surface area (Å²) in [6.07, 6.45) is 34.4. The van der Waals surface area contributed by atoms with Gasteiger partial charge in [0.2, 0.25) is 0 Å². The smallest absolute Gasteiger partial charge is 0.126 e. The maximum Gasteiger partial charge on any atom is 0.126 e. The van der Waals surface area contributed by atoms with Crippen molar-refractivity contribution in [3.8, 4) is 57.5 Å². The molecule has 10 bridgehead atoms. The first kappa shape index (κ1) is 88.8. The molecular weight excluding hydrogens is 1280 g/mol. The van der Waals surface area contributed by atoms with Crippen molar-refractivity contribution in [1.29, 1.82) is 0 Å². The van der Waals surface area contributed by atoms with E-state index in [1.54, 1.807) is 0 Å². The predicted octanol–water partition coefficient (Wildman–Crippen LogP) is 24.8. The van der Waals surface area contributed by atoms with E-state index in [9.17, 15) is 9.59 Å². The minimum Gasteiger partial charge on any atom is -0.493 e. The first-order valence-electron chi connectivity index (χ1n) is 41.2. The Morgan fingerprint density at radius 3 is 0.359 bits per heavy atom. The zero-order valence-corrected chi connectivity index (χ0v) is 67.5. The number of hydrogen-bond donors (Lipinski definition) is 0. The molecule has 0 saturated heterocycles. The van der Waals surface area contributed by atoms with Crippen LogP contribution in [0.2, 0.25) is 0 Å². The standard InChI is InChI=1S/C85H130O10.2C3H6O/c1-11-21-31-41-86-76-56-67-52-69-59-81(91-46-36-26-16-6)71(61-80(69)90-45-35-25-15-5)54-73-63-85(95-50-40-30-20-10)75(65-84(73)94-49-39-29-19-9)55-74-64-82(92-47-37-27-17-7)72(62-83(74)93-48-38-28-18-8)53-70-60-78(88-43-33-23-13-3)68(58-79(70)89-44-34-24-14-4)51-66(76)57-77(67)87-42-32-22-12-2;2*1-3(2)4/h56-65H,11-55H2,1-10H3;2*1-2H3. The van der Waals surface area contributed by atoms with E-state index in [0.717, 1.165) is 306 Å². The van der Waals surface area contributed by atoms with E-state index in [2.05, 4.69) is 130 Å². The average Bonchev–Trinajstić information content (AvgIpc) is 1.19. The molecule has 0 aromatic heterocycles. The van der Waals surface area contributed by atoms with Gasteiger partial charge in [-0.1, -0.05) is 198 Å². The van der Waals surface area contributed by atoms with Gasteiger partial charge in [-0.15, -0.1) is 0 Å². The van der Waals surface area contributed by atoms with E-state index in [1.165, 1.54) is 27.7 Å². The zero-order chi connectivity index (χ0) is 74.7. The van der Waals surface area contributed by atoms with Gasteiger partial charge in [-0.3, -0.25) is 0 Å². The second-order valence-electron chi connectivity index (χ2n) is 28.6. The van der Waals surface area contributed by atoms with Crippen LogP contribution in [0.5, 0.6) is 57.5 Å². The molecule has 578 valence electrons. The summed E-state index contributed by atoms with van der Waals surface area (Å²) in [5.74, 6) is 9.00. The molecule has 12 nitrogen and oxygen atoms in total. The number of unbranched alkanes of at least 4 members (excludes halogenated alkanes) is 20. The van der Waals surface area contributed by atoms with Crippen LogP contribution in [-0.4, -0.2) is 77.6 Å². The quantitative estimate of drug-likeness (QED) is 0.0338. The van der Waals surface area contributed by atoms with Gasteiger partial charge >= 0.3 is 0 Å². The van der Waals surface area contributed by atoms with Crippen molar-refractivity contribution in [3.05, 3.63) is 116 Å². The lowest BCUT2D eigenvalue weighted by molar-refractivity contribution is -0.115. The second-order valence-corrected chi connectivity index (χ2v) is 28.6. The molecule has 0 atom stereocenters. The summed E-state index contributed by atoms with van der Waals surface area (Å²) < 4.78 is 70.7. The second kappa shape index (κ2) is 55.0. The van der Waals surface area contributed by atoms with Gasteiger partial charge in [0.25, 0.3) is 0 Å². The van der Waals surface area contributed by atoms with Crippen molar-refractivity contribution >= 4 is 11.6 Å². The third-order valence-electron chi connectivity index (χ3n) is 18.2. The van der Waals surface area contributed by atoms with Crippen LogP contribution in [0.15, 0.2) is 60.7 Å². The van der Waals surface area contributed by atoms with Gasteiger partial charge in [-0.2, -0.15) is 0 Å². The third-order valence-corrected chi connectivity index (χ3v) is 18.2. The van der Waals surface area contributed by atoms with Crippen molar-refractivity contribution in [2.24, 2.45) is 0 Å². The molecule has 10 aliphatic carbocycles. The number of carbonyl (C=O) groups excluding carboxylic acids is 2. The predicted molar refractivity (Wildman–Crippen MR) is 429 cm³/mol. The molecule has 5 aromatic rings. The summed E-state index contributed by atoms with van der Waals surface area (Å²) in [5.41, 5.74) is 10.6. The number of hydrogen-bond acceptors (Lipinski definition) is 12. The highest BCUT2D eigenvalue weighted by Crippen LogP contribution is 2.44. The number of Topliss-reactive ketones (excluding diaryl/α,β-unsaturated/α-hetero) is 2. The Balaban J connectivity index is 0.00000266. The van der Waals surface area contributed by atoms with Gasteiger partial charge < -0.3 is 57.0 Å². The monoisotopic (exact) mass is 1430 g/mol. The zero-order valence-electron chi connectivity index (χ0n) is 67.5. The van der Waals surface area contributed by atoms with Crippen LogP contribution in [0.4, 0.5) is 0 Å². The highest BCUT2D eigenvalue weighted by Gasteiger charge is 2.25. The Bertz CT molecular complexity index is 2450. The van der Waals surface area contributed by atoms with E-state index in [0.29, 0.717) is 98.2 Å². The Hall–Kier alpha value is -6.56. The largest absolute Gasteiger partial charge is 0.493 e. The van der Waals surface area contributed by atoms with E-state index >= 15 is 0 Å². The number of ether oxygens (including phenoxy) is 10. The lowest BCUT2D eigenvalue weighted by atomic mass is 9.94. The van der Waals surface area contributed by atoms with Crippen molar-refractivity contribution < 1.29 is 57.0 Å². The van der Waals surface area contributed by atoms with Crippen molar-refractivity contribution in [3.63, 3.8) is 0 Å². The molecule has 0 saturated carbocycles. The highest BCUT2D eigenvalue weighted by molar-refractivity contribution is 5.72. The first-order chi connectivity index (χ1) is 50.2. The van der Waals surface area contributed by atoms with E-state index in [-0.39, 0.29) is 11.6 Å². The lowest BCUT2D eigenvalue weighted by Crippen LogP contribution is -2.10. The van der Waals surface area contributed by atoms with Crippen molar-refractivity contribution in [2.45, 2.75) is 322 Å². The van der Waals surface area contributed by atoms with Gasteiger partial charge in [-0.05, 0) is 153 Å². The van der Waals surface area contributed by atoms with Gasteiger partial charge in [0.1, 0.15) is 69.1 Å². The van der Waals surface area contributed by atoms with Crippen molar-refractivity contribution in [1.82, 2.24) is 0 Å². The molecule has 0 fully saturated rings. The molecule has 0 amide bonds. The fourth-order valence-corrected chi connectivity index (χ4v) is 12.3. The maximum atomic E-state index is 9.44. The molecule has 5 aromatic carbocycles. The van der Waals surface area contributed by atoms with Gasteiger partial charge in [0.15, 0.2) is 0 Å². The Morgan fingerprint density at radius 2 is 0.282 bits per heavy atom. The molecule has 12 heteroatoms. The van der Waals surface area contributed by atoms with Gasteiger partial charge in [-0.25, -0.2) is 0 Å². The fraction of sp³-hybridized carbons (Fsp3) is 0.648. The Labute approximate surface area is 626 Å². The molecule has 0 heterocycles. The number of benzene rings is 5. The molecule has 103 heavy (non-hydrogen) atoms. The lowest BCUT2D eigenvalue weighted by Gasteiger charge is -2.22. The first-order valence-corrected chi connectivity index (χ1v) is 41.2. The van der Waals surface area contributed by atoms with Crippen LogP contribution in [-0.2, 0) is 41.7 Å². The molecular formula is C91H142O12. The van der Waals surface area contributed by atoms with E-state index < -0.39 is 0 Å². The summed E-state index contributed by atoms with van der Waals surface area (Å²) in [5, 5.41) is 0. The SMILES string of the molecule is CC(C)=O.CC(C)=O.CCCCCOc1cc2c(OCCCCC)cc1Cc1cc(OCCCCC)c(cc1OCCCCC)Cc1cc(OCCCCC)c(cc1OCCCCC)Cc1cc(OCCCCC)c(cc1OCCCCC)Cc1cc(OCCCCC)c(cc1OCCCCC)C2. The Kier molecular flexibility index (Phi) is 47.4. The molecule has 0 N–H and O–H groups in total. The highest BCUT2D eigenvalue weighted by atomic mass is 16.5. The van der Waals surface area contributed by atoms with E-state index in [1.807, 2.05) is 0 Å². The van der Waals surface area contributed by atoms with Crippen LogP contribution >= 0.6 is 0 Å². The fourth-order valence-electron chi connectivity index (χ4n) is 12.3. The van der Waals surface area contributed by atoms with Gasteiger partial charge in [0.05, 0.1) is 66.1 Å². The number of carbonyl (C=O) groups is 2. The molecule has 0 unspecified atom stereocenters. The maximum absolute atomic E-state index is 9.44. The van der Waals surface area contributed by atoms with Crippen LogP contribution < -0.4 is 47.4 Å². The van der Waals surface area contributed by atoms with Crippen molar-refractivity contribution in [2.75, 3.05) is 66.1 Å². The minimum atomic E-state index is 0.167. The summed E-state index contributed by atoms with van der Waals surface area (Å²) in [6, 6.07) is 22.8. The molecule has 15 rings (SSSR count). The number of ketones is 2. The number of rotatable bonds is 50. The van der Waals surface area contributed by atoms with Crippen LogP contribution in [0.3, 0.4) is 0 Å².